The fourth-order valence-electron chi connectivity index (χ4n) is 1.50. The maximum absolute atomic E-state index is 10.9. The topological polar surface area (TPSA) is 72.5 Å². The van der Waals surface area contributed by atoms with Gasteiger partial charge in [-0.15, -0.1) is 0 Å². The Morgan fingerprint density at radius 2 is 2.29 bits per heavy atom. The lowest BCUT2D eigenvalue weighted by Crippen LogP contribution is -2.26. The molecule has 0 aliphatic heterocycles. The van der Waals surface area contributed by atoms with Crippen molar-refractivity contribution in [2.24, 2.45) is 5.73 Å². The molecule has 94 valence electrons. The number of hydrogen-bond donors (Lipinski definition) is 2. The van der Waals surface area contributed by atoms with E-state index in [1.165, 1.54) is 0 Å². The van der Waals surface area contributed by atoms with Gasteiger partial charge in [-0.3, -0.25) is 0 Å². The van der Waals surface area contributed by atoms with E-state index in [1.807, 2.05) is 0 Å². The third kappa shape index (κ3) is 3.61. The van der Waals surface area contributed by atoms with Crippen LogP contribution in [0.5, 0.6) is 5.75 Å². The van der Waals surface area contributed by atoms with Crippen molar-refractivity contribution >= 4 is 17.6 Å². The smallest absolute Gasteiger partial charge is 0.344 e. The van der Waals surface area contributed by atoms with Crippen LogP contribution in [0.2, 0.25) is 5.02 Å². The van der Waals surface area contributed by atoms with Gasteiger partial charge in [-0.25, -0.2) is 4.79 Å². The lowest BCUT2D eigenvalue weighted by molar-refractivity contribution is -0.145. The SMILES string of the molecule is CCC(Oc1cccc(Cl)c1CCN)C(=O)O. The van der Waals surface area contributed by atoms with Crippen LogP contribution >= 0.6 is 11.6 Å². The Labute approximate surface area is 105 Å². The van der Waals surface area contributed by atoms with Gasteiger partial charge >= 0.3 is 5.97 Å². The molecule has 0 heterocycles. The van der Waals surface area contributed by atoms with Crippen molar-refractivity contribution in [2.75, 3.05) is 6.54 Å². The first-order valence-electron chi connectivity index (χ1n) is 5.47. The van der Waals surface area contributed by atoms with Gasteiger partial charge in [0, 0.05) is 10.6 Å². The highest BCUT2D eigenvalue weighted by atomic mass is 35.5. The number of ether oxygens (including phenoxy) is 1. The molecule has 0 saturated heterocycles. The van der Waals surface area contributed by atoms with Gasteiger partial charge in [-0.05, 0) is 31.5 Å². The van der Waals surface area contributed by atoms with Crippen molar-refractivity contribution in [3.63, 3.8) is 0 Å². The number of nitrogens with two attached hydrogens (primary N) is 1. The summed E-state index contributed by atoms with van der Waals surface area (Å²) in [5.74, 6) is -0.483. The predicted molar refractivity (Wildman–Crippen MR) is 66.6 cm³/mol. The zero-order chi connectivity index (χ0) is 12.8. The third-order valence-electron chi connectivity index (χ3n) is 2.39. The fraction of sp³-hybridized carbons (Fsp3) is 0.417. The molecule has 1 aromatic rings. The highest BCUT2D eigenvalue weighted by Gasteiger charge is 2.19. The van der Waals surface area contributed by atoms with E-state index in [0.717, 1.165) is 5.56 Å². The van der Waals surface area contributed by atoms with Crippen molar-refractivity contribution in [1.29, 1.82) is 0 Å². The summed E-state index contributed by atoms with van der Waals surface area (Å²) < 4.78 is 5.45. The summed E-state index contributed by atoms with van der Waals surface area (Å²) in [7, 11) is 0. The first kappa shape index (κ1) is 13.8. The van der Waals surface area contributed by atoms with E-state index in [2.05, 4.69) is 0 Å². The van der Waals surface area contributed by atoms with E-state index in [1.54, 1.807) is 25.1 Å². The Morgan fingerprint density at radius 3 is 2.82 bits per heavy atom. The molecule has 0 aliphatic carbocycles. The molecule has 1 rings (SSSR count). The van der Waals surface area contributed by atoms with Gasteiger partial charge in [0.15, 0.2) is 6.10 Å². The van der Waals surface area contributed by atoms with Gasteiger partial charge in [0.1, 0.15) is 5.75 Å². The van der Waals surface area contributed by atoms with E-state index in [-0.39, 0.29) is 0 Å². The maximum atomic E-state index is 10.9. The molecular formula is C12H16ClNO3. The normalized spacial score (nSPS) is 12.2. The highest BCUT2D eigenvalue weighted by molar-refractivity contribution is 6.31. The van der Waals surface area contributed by atoms with Crippen LogP contribution in [0.15, 0.2) is 18.2 Å². The summed E-state index contributed by atoms with van der Waals surface area (Å²) in [5, 5.41) is 9.49. The molecule has 1 aromatic carbocycles. The summed E-state index contributed by atoms with van der Waals surface area (Å²) in [5.41, 5.74) is 6.25. The molecule has 0 aromatic heterocycles. The van der Waals surface area contributed by atoms with Crippen LogP contribution in [-0.4, -0.2) is 23.7 Å². The zero-order valence-corrected chi connectivity index (χ0v) is 10.4. The molecule has 1 unspecified atom stereocenters. The minimum atomic E-state index is -0.980. The summed E-state index contributed by atoms with van der Waals surface area (Å²) in [6.07, 6.45) is 0.0969. The number of aliphatic carboxylic acids is 1. The minimum absolute atomic E-state index is 0.393. The molecule has 1 atom stereocenters. The number of carbonyl (C=O) groups is 1. The Kier molecular flexibility index (Phi) is 5.25. The van der Waals surface area contributed by atoms with Crippen molar-refractivity contribution in [2.45, 2.75) is 25.9 Å². The Bertz CT molecular complexity index is 395. The van der Waals surface area contributed by atoms with Crippen molar-refractivity contribution in [1.82, 2.24) is 0 Å². The van der Waals surface area contributed by atoms with Crippen LogP contribution in [0.25, 0.3) is 0 Å². The van der Waals surface area contributed by atoms with Gasteiger partial charge in [-0.2, -0.15) is 0 Å². The molecule has 0 bridgehead atoms. The molecule has 0 aliphatic rings. The second-order valence-electron chi connectivity index (χ2n) is 3.61. The van der Waals surface area contributed by atoms with E-state index < -0.39 is 12.1 Å². The van der Waals surface area contributed by atoms with Crippen molar-refractivity contribution in [3.8, 4) is 5.75 Å². The van der Waals surface area contributed by atoms with E-state index in [9.17, 15) is 4.79 Å². The van der Waals surface area contributed by atoms with E-state index in [4.69, 9.17) is 27.2 Å². The van der Waals surface area contributed by atoms with E-state index >= 15 is 0 Å². The zero-order valence-electron chi connectivity index (χ0n) is 9.65. The van der Waals surface area contributed by atoms with Gasteiger partial charge < -0.3 is 15.6 Å². The van der Waals surface area contributed by atoms with Gasteiger partial charge in [0.05, 0.1) is 0 Å². The molecule has 4 nitrogen and oxygen atoms in total. The van der Waals surface area contributed by atoms with Crippen LogP contribution in [0.4, 0.5) is 0 Å². The number of rotatable bonds is 6. The molecule has 3 N–H and O–H groups in total. The van der Waals surface area contributed by atoms with Gasteiger partial charge in [-0.1, -0.05) is 24.6 Å². The lowest BCUT2D eigenvalue weighted by atomic mass is 10.1. The average molecular weight is 258 g/mol. The first-order valence-corrected chi connectivity index (χ1v) is 5.84. The largest absolute Gasteiger partial charge is 0.479 e. The Morgan fingerprint density at radius 1 is 1.59 bits per heavy atom. The number of benzene rings is 1. The minimum Gasteiger partial charge on any atom is -0.479 e. The third-order valence-corrected chi connectivity index (χ3v) is 2.74. The summed E-state index contributed by atoms with van der Waals surface area (Å²) in [4.78, 5) is 10.9. The van der Waals surface area contributed by atoms with Crippen LogP contribution in [-0.2, 0) is 11.2 Å². The number of halogens is 1. The standard InChI is InChI=1S/C12H16ClNO3/c1-2-10(12(15)16)17-11-5-3-4-9(13)8(11)6-7-14/h3-5,10H,2,6-7,14H2,1H3,(H,15,16). The Balaban J connectivity index is 2.96. The van der Waals surface area contributed by atoms with Crippen LogP contribution in [0.3, 0.4) is 0 Å². The van der Waals surface area contributed by atoms with Gasteiger partial charge in [0.25, 0.3) is 0 Å². The molecule has 0 amide bonds. The first-order chi connectivity index (χ1) is 8.10. The molecule has 5 heteroatoms. The average Bonchev–Trinajstić information content (AvgIpc) is 2.29. The van der Waals surface area contributed by atoms with Crippen LogP contribution < -0.4 is 10.5 Å². The molecule has 0 saturated carbocycles. The number of hydrogen-bond acceptors (Lipinski definition) is 3. The van der Waals surface area contributed by atoms with Crippen LogP contribution in [0, 0.1) is 0 Å². The maximum Gasteiger partial charge on any atom is 0.344 e. The second-order valence-corrected chi connectivity index (χ2v) is 4.02. The quantitative estimate of drug-likeness (QED) is 0.818. The van der Waals surface area contributed by atoms with Gasteiger partial charge in [0.2, 0.25) is 0 Å². The number of carboxylic acids is 1. The summed E-state index contributed by atoms with van der Waals surface area (Å²) >= 11 is 6.03. The molecule has 0 fully saturated rings. The van der Waals surface area contributed by atoms with Crippen molar-refractivity contribution < 1.29 is 14.6 Å². The van der Waals surface area contributed by atoms with E-state index in [0.29, 0.717) is 30.2 Å². The fourth-order valence-corrected chi connectivity index (χ4v) is 1.76. The molecule has 0 spiro atoms. The lowest BCUT2D eigenvalue weighted by Gasteiger charge is -2.17. The predicted octanol–water partition coefficient (Wildman–Crippen LogP) is 2.08. The highest BCUT2D eigenvalue weighted by Crippen LogP contribution is 2.27. The van der Waals surface area contributed by atoms with Crippen molar-refractivity contribution in [3.05, 3.63) is 28.8 Å². The Hall–Kier alpha value is -1.26. The number of carboxylic acid groups (broad SMARTS) is 1. The van der Waals surface area contributed by atoms with Crippen LogP contribution in [0.1, 0.15) is 18.9 Å². The molecule has 0 radical (unpaired) electrons. The second kappa shape index (κ2) is 6.47. The molecule has 17 heavy (non-hydrogen) atoms. The summed E-state index contributed by atoms with van der Waals surface area (Å²) in [6.45, 7) is 2.19. The molecular weight excluding hydrogens is 242 g/mol. The summed E-state index contributed by atoms with van der Waals surface area (Å²) in [6, 6.07) is 5.18. The monoisotopic (exact) mass is 257 g/mol.